The van der Waals surface area contributed by atoms with Gasteiger partial charge in [0.05, 0.1) is 7.11 Å². The molecule has 1 saturated carbocycles. The maximum atomic E-state index is 13.5. The minimum atomic E-state index is -1.12. The standard InChI is InChI=1S/C21H26N2O3/c1-3-19-9-6-11-23-12-10-20(16(19)23)14-7-4-5-8-15(14)22-17(24)21(20,13-19)18(25)26-2/h4-5,7-8,16H,3,6,9-13H2,1-2H3,(H,22,24)/t16-,19-,20+,21-/m0/s1. The van der Waals surface area contributed by atoms with Crippen molar-refractivity contribution in [1.82, 2.24) is 4.90 Å². The number of carbonyl (C=O) groups is 2. The number of carbonyl (C=O) groups excluding carboxylic acids is 2. The number of anilines is 1. The molecule has 138 valence electrons. The number of fused-ring (bicyclic) bond motifs is 1. The fourth-order valence-corrected chi connectivity index (χ4v) is 7.16. The van der Waals surface area contributed by atoms with E-state index in [4.69, 9.17) is 4.74 Å². The number of nitrogens with one attached hydrogen (secondary N) is 1. The van der Waals surface area contributed by atoms with Crippen molar-refractivity contribution < 1.29 is 14.3 Å². The molecule has 1 N–H and O–H groups in total. The second kappa shape index (κ2) is 5.10. The molecule has 5 rings (SSSR count). The van der Waals surface area contributed by atoms with Crippen molar-refractivity contribution in [3.8, 4) is 0 Å². The van der Waals surface area contributed by atoms with Gasteiger partial charge in [0.25, 0.3) is 0 Å². The van der Waals surface area contributed by atoms with Crippen molar-refractivity contribution in [2.24, 2.45) is 10.8 Å². The summed E-state index contributed by atoms with van der Waals surface area (Å²) in [6, 6.07) is 8.32. The Balaban J connectivity index is 1.86. The maximum absolute atomic E-state index is 13.5. The molecule has 2 saturated heterocycles. The number of para-hydroxylation sites is 1. The summed E-state index contributed by atoms with van der Waals surface area (Å²) in [5.74, 6) is -0.513. The number of amides is 1. The highest BCUT2D eigenvalue weighted by Gasteiger charge is 2.80. The van der Waals surface area contributed by atoms with Gasteiger partial charge in [-0.1, -0.05) is 25.1 Å². The first kappa shape index (κ1) is 16.3. The number of esters is 1. The van der Waals surface area contributed by atoms with Crippen LogP contribution in [0.4, 0.5) is 5.69 Å². The van der Waals surface area contributed by atoms with Crippen LogP contribution in [0.3, 0.4) is 0 Å². The number of piperidine rings is 1. The molecule has 5 nitrogen and oxygen atoms in total. The van der Waals surface area contributed by atoms with E-state index in [0.717, 1.165) is 50.0 Å². The van der Waals surface area contributed by atoms with Crippen LogP contribution in [0.25, 0.3) is 0 Å². The summed E-state index contributed by atoms with van der Waals surface area (Å²) in [5, 5.41) is 3.06. The summed E-state index contributed by atoms with van der Waals surface area (Å²) >= 11 is 0. The third-order valence-corrected chi connectivity index (χ3v) is 7.99. The number of ether oxygens (including phenoxy) is 1. The summed E-state index contributed by atoms with van der Waals surface area (Å²) in [7, 11) is 1.42. The van der Waals surface area contributed by atoms with Crippen molar-refractivity contribution >= 4 is 17.6 Å². The minimum Gasteiger partial charge on any atom is -0.468 e. The molecule has 3 aliphatic heterocycles. The maximum Gasteiger partial charge on any atom is 0.322 e. The first-order valence-electron chi connectivity index (χ1n) is 9.79. The SMILES string of the molecule is CC[C@]12CCCN3CC[C@@]4(c5ccccc5NC(=O)[C@]4(C(=O)OC)C1)[C@@H]32. The Morgan fingerprint density at radius 2 is 2.12 bits per heavy atom. The van der Waals surface area contributed by atoms with Crippen LogP contribution in [0.2, 0.25) is 0 Å². The van der Waals surface area contributed by atoms with Gasteiger partial charge in [-0.3, -0.25) is 14.5 Å². The van der Waals surface area contributed by atoms with Gasteiger partial charge in [-0.15, -0.1) is 0 Å². The molecule has 1 aromatic carbocycles. The van der Waals surface area contributed by atoms with Crippen LogP contribution >= 0.6 is 0 Å². The number of hydrogen-bond acceptors (Lipinski definition) is 4. The summed E-state index contributed by atoms with van der Waals surface area (Å²) in [5.41, 5.74) is 0.411. The predicted octanol–water partition coefficient (Wildman–Crippen LogP) is 2.70. The first-order chi connectivity index (χ1) is 12.6. The zero-order chi connectivity index (χ0) is 18.2. The molecular formula is C21H26N2O3. The van der Waals surface area contributed by atoms with Crippen LogP contribution in [0, 0.1) is 10.8 Å². The summed E-state index contributed by atoms with van der Waals surface area (Å²) in [4.78, 5) is 29.4. The number of nitrogens with zero attached hydrogens (tertiary/aromatic N) is 1. The smallest absolute Gasteiger partial charge is 0.322 e. The van der Waals surface area contributed by atoms with E-state index in [0.29, 0.717) is 6.42 Å². The van der Waals surface area contributed by atoms with Crippen molar-refractivity contribution in [3.63, 3.8) is 0 Å². The Hall–Kier alpha value is -1.88. The van der Waals surface area contributed by atoms with Crippen LogP contribution < -0.4 is 5.32 Å². The Kier molecular flexibility index (Phi) is 3.20. The quantitative estimate of drug-likeness (QED) is 0.655. The van der Waals surface area contributed by atoms with Gasteiger partial charge in [0.2, 0.25) is 5.91 Å². The van der Waals surface area contributed by atoms with Gasteiger partial charge in [-0.25, -0.2) is 0 Å². The van der Waals surface area contributed by atoms with E-state index in [1.54, 1.807) is 0 Å². The molecular weight excluding hydrogens is 328 g/mol. The van der Waals surface area contributed by atoms with E-state index in [1.165, 1.54) is 7.11 Å². The van der Waals surface area contributed by atoms with Crippen LogP contribution in [0.5, 0.6) is 0 Å². The number of methoxy groups -OCH3 is 1. The predicted molar refractivity (Wildman–Crippen MR) is 97.8 cm³/mol. The molecule has 0 bridgehead atoms. The molecule has 0 unspecified atom stereocenters. The third kappa shape index (κ3) is 1.54. The Bertz CT molecular complexity index is 808. The number of benzene rings is 1. The second-order valence-electron chi connectivity index (χ2n) is 8.55. The fraction of sp³-hybridized carbons (Fsp3) is 0.619. The van der Waals surface area contributed by atoms with E-state index >= 15 is 0 Å². The second-order valence-corrected chi connectivity index (χ2v) is 8.55. The number of hydrogen-bond donors (Lipinski definition) is 1. The molecule has 1 aliphatic carbocycles. The molecule has 0 aromatic heterocycles. The third-order valence-electron chi connectivity index (χ3n) is 7.99. The van der Waals surface area contributed by atoms with Gasteiger partial charge in [-0.2, -0.15) is 0 Å². The molecule has 3 heterocycles. The van der Waals surface area contributed by atoms with Crippen LogP contribution in [-0.4, -0.2) is 43.0 Å². The molecule has 5 heteroatoms. The molecule has 4 atom stereocenters. The first-order valence-corrected chi connectivity index (χ1v) is 9.79. The Labute approximate surface area is 154 Å². The summed E-state index contributed by atoms with van der Waals surface area (Å²) < 4.78 is 5.30. The average Bonchev–Trinajstić information content (AvgIpc) is 3.19. The lowest BCUT2D eigenvalue weighted by atomic mass is 9.57. The minimum absolute atomic E-state index is 0.00225. The normalized spacial score (nSPS) is 40.4. The van der Waals surface area contributed by atoms with Gasteiger partial charge < -0.3 is 10.1 Å². The average molecular weight is 354 g/mol. The Morgan fingerprint density at radius 3 is 2.88 bits per heavy atom. The monoisotopic (exact) mass is 354 g/mol. The van der Waals surface area contributed by atoms with E-state index < -0.39 is 10.8 Å². The van der Waals surface area contributed by atoms with Crippen LogP contribution in [-0.2, 0) is 19.7 Å². The lowest BCUT2D eigenvalue weighted by Crippen LogP contribution is -2.61. The lowest BCUT2D eigenvalue weighted by molar-refractivity contribution is -0.162. The molecule has 26 heavy (non-hydrogen) atoms. The highest BCUT2D eigenvalue weighted by Crippen LogP contribution is 2.72. The van der Waals surface area contributed by atoms with E-state index in [9.17, 15) is 9.59 Å². The van der Waals surface area contributed by atoms with Crippen molar-refractivity contribution in [1.29, 1.82) is 0 Å². The highest BCUT2D eigenvalue weighted by molar-refractivity contribution is 6.14. The molecule has 4 aliphatic rings. The van der Waals surface area contributed by atoms with Gasteiger partial charge in [0.15, 0.2) is 5.41 Å². The van der Waals surface area contributed by atoms with Crippen molar-refractivity contribution in [2.45, 2.75) is 50.5 Å². The molecule has 1 amide bonds. The van der Waals surface area contributed by atoms with E-state index in [-0.39, 0.29) is 23.3 Å². The van der Waals surface area contributed by atoms with E-state index in [1.807, 2.05) is 18.2 Å². The summed E-state index contributed by atoms with van der Waals surface area (Å²) in [6.07, 6.45) is 4.66. The lowest BCUT2D eigenvalue weighted by Gasteiger charge is -2.49. The zero-order valence-corrected chi connectivity index (χ0v) is 15.5. The van der Waals surface area contributed by atoms with Crippen LogP contribution in [0.15, 0.2) is 24.3 Å². The van der Waals surface area contributed by atoms with Gasteiger partial charge in [0.1, 0.15) is 0 Å². The van der Waals surface area contributed by atoms with Gasteiger partial charge in [0, 0.05) is 17.1 Å². The molecule has 0 radical (unpaired) electrons. The highest BCUT2D eigenvalue weighted by atomic mass is 16.5. The van der Waals surface area contributed by atoms with E-state index in [2.05, 4.69) is 23.2 Å². The largest absolute Gasteiger partial charge is 0.468 e. The summed E-state index contributed by atoms with van der Waals surface area (Å²) in [6.45, 7) is 4.24. The fourth-order valence-electron chi connectivity index (χ4n) is 7.16. The Morgan fingerprint density at radius 1 is 1.31 bits per heavy atom. The van der Waals surface area contributed by atoms with Gasteiger partial charge in [-0.05, 0) is 62.2 Å². The van der Waals surface area contributed by atoms with Crippen molar-refractivity contribution in [2.75, 3.05) is 25.5 Å². The van der Waals surface area contributed by atoms with Crippen molar-refractivity contribution in [3.05, 3.63) is 29.8 Å². The number of rotatable bonds is 2. The molecule has 1 spiro atoms. The topological polar surface area (TPSA) is 58.6 Å². The van der Waals surface area contributed by atoms with Crippen LogP contribution in [0.1, 0.15) is 44.6 Å². The van der Waals surface area contributed by atoms with Gasteiger partial charge >= 0.3 is 5.97 Å². The zero-order valence-electron chi connectivity index (χ0n) is 15.5. The molecule has 3 fully saturated rings. The molecule has 1 aromatic rings.